The summed E-state index contributed by atoms with van der Waals surface area (Å²) in [6, 6.07) is 57.8. The van der Waals surface area contributed by atoms with E-state index in [1.54, 1.807) is 0 Å². The van der Waals surface area contributed by atoms with Crippen LogP contribution in [0.15, 0.2) is 158 Å². The molecule has 0 aliphatic heterocycles. The number of hydrogen-bond acceptors (Lipinski definition) is 0. The summed E-state index contributed by atoms with van der Waals surface area (Å²) in [7, 11) is 0. The van der Waals surface area contributed by atoms with Crippen LogP contribution in [0.5, 0.6) is 0 Å². The normalized spacial score (nSPS) is 12.1. The molecule has 2 nitrogen and oxygen atoms in total. The standard InChI is InChI=1S/C42H26N2/c1-2-12-30(13-3-1)43-39-25-24-36-35-16-8-9-17-38(35)44(31-21-23-33-29(26-31)19-18-27-10-4-6-14-32(27)33)42(36)40(39)37-22-20-28-11-5-7-15-34(28)41(37)43/h1-26H. The summed E-state index contributed by atoms with van der Waals surface area (Å²) >= 11 is 0. The Bertz CT molecular complexity index is 2760. The fourth-order valence-electron chi connectivity index (χ4n) is 7.57. The molecule has 2 heteroatoms. The molecule has 10 rings (SSSR count). The minimum Gasteiger partial charge on any atom is -0.309 e. The van der Waals surface area contributed by atoms with Crippen LogP contribution in [0.4, 0.5) is 0 Å². The van der Waals surface area contributed by atoms with Crippen LogP contribution < -0.4 is 0 Å². The largest absolute Gasteiger partial charge is 0.309 e. The van der Waals surface area contributed by atoms with Crippen LogP contribution in [0, 0.1) is 0 Å². The highest BCUT2D eigenvalue weighted by Crippen LogP contribution is 2.44. The topological polar surface area (TPSA) is 9.86 Å². The van der Waals surface area contributed by atoms with Crippen LogP contribution in [-0.4, -0.2) is 9.13 Å². The van der Waals surface area contributed by atoms with Crippen molar-refractivity contribution < 1.29 is 0 Å². The summed E-state index contributed by atoms with van der Waals surface area (Å²) in [5.41, 5.74) is 7.27. The second kappa shape index (κ2) is 8.82. The lowest BCUT2D eigenvalue weighted by atomic mass is 10.0. The van der Waals surface area contributed by atoms with Gasteiger partial charge in [-0.2, -0.15) is 0 Å². The molecule has 0 unspecified atom stereocenters. The molecule has 204 valence electrons. The van der Waals surface area contributed by atoms with E-state index in [1.165, 1.54) is 87.3 Å². The Morgan fingerprint density at radius 1 is 0.295 bits per heavy atom. The first kappa shape index (κ1) is 23.7. The summed E-state index contributed by atoms with van der Waals surface area (Å²) in [6.45, 7) is 0. The second-order valence-electron chi connectivity index (χ2n) is 11.8. The van der Waals surface area contributed by atoms with E-state index in [9.17, 15) is 0 Å². The molecule has 0 saturated carbocycles. The van der Waals surface area contributed by atoms with Crippen molar-refractivity contribution in [3.63, 3.8) is 0 Å². The molecular formula is C42H26N2. The Morgan fingerprint density at radius 2 is 0.886 bits per heavy atom. The van der Waals surface area contributed by atoms with Crippen LogP contribution in [-0.2, 0) is 0 Å². The Balaban J connectivity index is 1.41. The molecule has 0 saturated heterocycles. The van der Waals surface area contributed by atoms with E-state index < -0.39 is 0 Å². The minimum atomic E-state index is 1.17. The minimum absolute atomic E-state index is 1.17. The van der Waals surface area contributed by atoms with Gasteiger partial charge >= 0.3 is 0 Å². The monoisotopic (exact) mass is 558 g/mol. The van der Waals surface area contributed by atoms with Crippen molar-refractivity contribution in [3.8, 4) is 11.4 Å². The quantitative estimate of drug-likeness (QED) is 0.187. The van der Waals surface area contributed by atoms with Crippen molar-refractivity contribution in [2.24, 2.45) is 0 Å². The molecule has 0 spiro atoms. The van der Waals surface area contributed by atoms with Crippen LogP contribution in [0.25, 0.3) is 87.3 Å². The van der Waals surface area contributed by atoms with E-state index in [-0.39, 0.29) is 0 Å². The van der Waals surface area contributed by atoms with Gasteiger partial charge in [0.1, 0.15) is 0 Å². The van der Waals surface area contributed by atoms with Gasteiger partial charge in [0.25, 0.3) is 0 Å². The lowest BCUT2D eigenvalue weighted by Gasteiger charge is -2.12. The second-order valence-corrected chi connectivity index (χ2v) is 11.8. The van der Waals surface area contributed by atoms with Crippen molar-refractivity contribution in [3.05, 3.63) is 158 Å². The van der Waals surface area contributed by atoms with Gasteiger partial charge in [-0.1, -0.05) is 121 Å². The third-order valence-corrected chi connectivity index (χ3v) is 9.45. The highest BCUT2D eigenvalue weighted by molar-refractivity contribution is 6.29. The number of rotatable bonds is 2. The van der Waals surface area contributed by atoms with Crippen LogP contribution >= 0.6 is 0 Å². The van der Waals surface area contributed by atoms with Gasteiger partial charge in [0.15, 0.2) is 0 Å². The first-order valence-corrected chi connectivity index (χ1v) is 15.2. The van der Waals surface area contributed by atoms with Gasteiger partial charge in [-0.25, -0.2) is 0 Å². The maximum Gasteiger partial charge on any atom is 0.0641 e. The molecule has 0 fully saturated rings. The molecule has 0 atom stereocenters. The fourth-order valence-corrected chi connectivity index (χ4v) is 7.57. The molecular weight excluding hydrogens is 532 g/mol. The molecule has 0 radical (unpaired) electrons. The van der Waals surface area contributed by atoms with Crippen LogP contribution in [0.1, 0.15) is 0 Å². The van der Waals surface area contributed by atoms with Gasteiger partial charge in [0, 0.05) is 38.3 Å². The zero-order valence-electron chi connectivity index (χ0n) is 23.9. The van der Waals surface area contributed by atoms with Gasteiger partial charge < -0.3 is 9.13 Å². The predicted octanol–water partition coefficient (Wildman–Crippen LogP) is 11.3. The Labute approximate surface area is 253 Å². The maximum absolute atomic E-state index is 2.49. The van der Waals surface area contributed by atoms with Crippen molar-refractivity contribution in [2.75, 3.05) is 0 Å². The molecule has 2 aromatic heterocycles. The van der Waals surface area contributed by atoms with E-state index in [4.69, 9.17) is 0 Å². The van der Waals surface area contributed by atoms with Gasteiger partial charge in [0.05, 0.1) is 22.1 Å². The smallest absolute Gasteiger partial charge is 0.0641 e. The molecule has 10 aromatic rings. The van der Waals surface area contributed by atoms with Gasteiger partial charge in [-0.15, -0.1) is 0 Å². The van der Waals surface area contributed by atoms with E-state index in [1.807, 2.05) is 0 Å². The van der Waals surface area contributed by atoms with Crippen molar-refractivity contribution in [1.29, 1.82) is 0 Å². The van der Waals surface area contributed by atoms with E-state index in [0.29, 0.717) is 0 Å². The molecule has 0 bridgehead atoms. The third kappa shape index (κ3) is 3.14. The molecule has 0 aliphatic rings. The van der Waals surface area contributed by atoms with Crippen LogP contribution in [0.2, 0.25) is 0 Å². The average Bonchev–Trinajstić information content (AvgIpc) is 3.61. The maximum atomic E-state index is 2.49. The number of hydrogen-bond donors (Lipinski definition) is 0. The number of benzene rings is 8. The lowest BCUT2D eigenvalue weighted by molar-refractivity contribution is 1.18. The molecule has 0 N–H and O–H groups in total. The number of aromatic nitrogens is 2. The first-order valence-electron chi connectivity index (χ1n) is 15.2. The van der Waals surface area contributed by atoms with E-state index in [2.05, 4.69) is 167 Å². The summed E-state index contributed by atoms with van der Waals surface area (Å²) in [5.74, 6) is 0. The number of para-hydroxylation sites is 2. The Kier molecular flexibility index (Phi) is 4.75. The number of fused-ring (bicyclic) bond motifs is 12. The van der Waals surface area contributed by atoms with Crippen molar-refractivity contribution in [2.45, 2.75) is 0 Å². The molecule has 8 aromatic carbocycles. The molecule has 2 heterocycles. The summed E-state index contributed by atoms with van der Waals surface area (Å²) in [5, 5.41) is 12.7. The summed E-state index contributed by atoms with van der Waals surface area (Å²) < 4.78 is 4.95. The van der Waals surface area contributed by atoms with Gasteiger partial charge in [-0.3, -0.25) is 0 Å². The van der Waals surface area contributed by atoms with Crippen molar-refractivity contribution in [1.82, 2.24) is 9.13 Å². The zero-order chi connectivity index (χ0) is 28.8. The third-order valence-electron chi connectivity index (χ3n) is 9.45. The summed E-state index contributed by atoms with van der Waals surface area (Å²) in [4.78, 5) is 0. The SMILES string of the molecule is c1ccc(-n2c3ccc4c5ccccc5n(-c5ccc6c(ccc7ccccc76)c5)c4c3c3ccc4ccccc4c32)cc1. The summed E-state index contributed by atoms with van der Waals surface area (Å²) in [6.07, 6.45) is 0. The van der Waals surface area contributed by atoms with E-state index >= 15 is 0 Å². The molecule has 0 amide bonds. The average molecular weight is 559 g/mol. The van der Waals surface area contributed by atoms with Gasteiger partial charge in [-0.05, 0) is 63.3 Å². The zero-order valence-corrected chi connectivity index (χ0v) is 23.9. The lowest BCUT2D eigenvalue weighted by Crippen LogP contribution is -1.95. The highest BCUT2D eigenvalue weighted by Gasteiger charge is 2.22. The van der Waals surface area contributed by atoms with Crippen molar-refractivity contribution >= 4 is 75.9 Å². The Hall–Kier alpha value is -5.86. The Morgan fingerprint density at radius 3 is 1.75 bits per heavy atom. The van der Waals surface area contributed by atoms with Gasteiger partial charge in [0.2, 0.25) is 0 Å². The number of nitrogens with zero attached hydrogens (tertiary/aromatic N) is 2. The molecule has 0 aliphatic carbocycles. The van der Waals surface area contributed by atoms with E-state index in [0.717, 1.165) is 0 Å². The first-order chi connectivity index (χ1) is 21.8. The predicted molar refractivity (Wildman–Crippen MR) is 188 cm³/mol. The van der Waals surface area contributed by atoms with Crippen LogP contribution in [0.3, 0.4) is 0 Å². The highest BCUT2D eigenvalue weighted by atomic mass is 15.0. The molecule has 44 heavy (non-hydrogen) atoms. The fraction of sp³-hybridized carbons (Fsp3) is 0.